The number of hydrogen-bond donors (Lipinski definition) is 6. The van der Waals surface area contributed by atoms with Gasteiger partial charge in [0.2, 0.25) is 5.78 Å². The summed E-state index contributed by atoms with van der Waals surface area (Å²) in [6, 6.07) is -1.38. The number of nitrogens with two attached hydrogens (primary N) is 1. The first kappa shape index (κ1) is 25.7. The van der Waals surface area contributed by atoms with Gasteiger partial charge in [-0.05, 0) is 51.1 Å². The molecular weight excluding hydrogens is 470 g/mol. The molecule has 194 valence electrons. The van der Waals surface area contributed by atoms with E-state index >= 15 is 0 Å². The number of primary amides is 1. The number of carbonyl (C=O) groups excluding carboxylic acids is 3. The van der Waals surface area contributed by atoms with Crippen LogP contribution in [-0.4, -0.2) is 93.8 Å². The highest BCUT2D eigenvalue weighted by Gasteiger charge is 2.67. The summed E-state index contributed by atoms with van der Waals surface area (Å²) in [4.78, 5) is 42.2. The molecule has 1 fully saturated rings. The van der Waals surface area contributed by atoms with Crippen LogP contribution >= 0.6 is 0 Å². The van der Waals surface area contributed by atoms with Crippen molar-refractivity contribution in [3.05, 3.63) is 39.2 Å². The van der Waals surface area contributed by atoms with E-state index in [9.17, 15) is 39.9 Å². The minimum absolute atomic E-state index is 0.00208. The zero-order valence-corrected chi connectivity index (χ0v) is 20.9. The van der Waals surface area contributed by atoms with Gasteiger partial charge in [-0.1, -0.05) is 0 Å². The van der Waals surface area contributed by atoms with Crippen LogP contribution in [0.25, 0.3) is 5.76 Å². The summed E-state index contributed by atoms with van der Waals surface area (Å²) in [7, 11) is 6.50. The van der Waals surface area contributed by atoms with E-state index in [1.807, 2.05) is 0 Å². The number of phenolic OH excluding ortho intramolecular Hbond substituents is 1. The molecule has 7 N–H and O–H groups in total. The molecule has 0 spiro atoms. The molecule has 0 bridgehead atoms. The van der Waals surface area contributed by atoms with Crippen molar-refractivity contribution in [3.63, 3.8) is 0 Å². The molecule has 0 unspecified atom stereocenters. The van der Waals surface area contributed by atoms with Gasteiger partial charge in [0, 0.05) is 31.3 Å². The molecule has 3 aliphatic carbocycles. The first-order valence-electron chi connectivity index (χ1n) is 11.5. The largest absolute Gasteiger partial charge is 0.508 e. The molecule has 36 heavy (non-hydrogen) atoms. The van der Waals surface area contributed by atoms with E-state index in [1.165, 1.54) is 19.0 Å². The van der Waals surface area contributed by atoms with E-state index in [0.29, 0.717) is 16.8 Å². The monoisotopic (exact) mass is 501 g/mol. The number of aromatic hydroxyl groups is 1. The number of hydrogen-bond acceptors (Lipinski definition) is 10. The highest BCUT2D eigenvalue weighted by atomic mass is 16.4. The van der Waals surface area contributed by atoms with E-state index in [4.69, 9.17) is 5.73 Å². The highest BCUT2D eigenvalue weighted by Crippen LogP contribution is 2.54. The summed E-state index contributed by atoms with van der Waals surface area (Å²) in [5.74, 6) is -8.25. The lowest BCUT2D eigenvalue weighted by molar-refractivity contribution is -0.168. The Labute approximate surface area is 207 Å². The zero-order chi connectivity index (χ0) is 27.2. The number of fused-ring (bicyclic) bond motifs is 3. The van der Waals surface area contributed by atoms with Gasteiger partial charge in [0.1, 0.15) is 22.8 Å². The van der Waals surface area contributed by atoms with E-state index in [-0.39, 0.29) is 17.7 Å². The van der Waals surface area contributed by atoms with Gasteiger partial charge < -0.3 is 36.2 Å². The van der Waals surface area contributed by atoms with Gasteiger partial charge in [-0.15, -0.1) is 0 Å². The standard InChI is InChI=1S/C25H31N3O8/c1-8-9(2)18(29)12-10(16(8)27(3)4)7-11-13(20(12)31)22(33)25(36)15(19(11)30)17(28(5)6)21(32)14(23(25)34)24(26)35/h11,15,17,19,29-31,34,36H,7H2,1-6H3,(H2,26,35)/t11-,15-,17+,19+,25+/m1/s1. The van der Waals surface area contributed by atoms with Crippen molar-refractivity contribution >= 4 is 28.9 Å². The van der Waals surface area contributed by atoms with Crippen molar-refractivity contribution in [1.29, 1.82) is 0 Å². The number of aliphatic hydroxyl groups is 4. The second-order valence-electron chi connectivity index (χ2n) is 10.2. The Hall–Kier alpha value is -3.41. The van der Waals surface area contributed by atoms with E-state index < -0.39 is 69.7 Å². The lowest BCUT2D eigenvalue weighted by Gasteiger charge is -2.52. The van der Waals surface area contributed by atoms with Gasteiger partial charge in [0.05, 0.1) is 23.6 Å². The maximum Gasteiger partial charge on any atom is 0.255 e. The van der Waals surface area contributed by atoms with Crippen molar-refractivity contribution in [2.75, 3.05) is 33.1 Å². The molecule has 0 aliphatic heterocycles. The number of anilines is 1. The molecule has 11 heteroatoms. The summed E-state index contributed by atoms with van der Waals surface area (Å²) in [6.07, 6.45) is -1.61. The Morgan fingerprint density at radius 3 is 2.14 bits per heavy atom. The molecule has 4 rings (SSSR count). The third-order valence-electron chi connectivity index (χ3n) is 7.94. The van der Waals surface area contributed by atoms with Crippen LogP contribution in [0.1, 0.15) is 22.3 Å². The van der Waals surface area contributed by atoms with Crippen molar-refractivity contribution in [3.8, 4) is 5.75 Å². The number of rotatable bonds is 3. The number of phenols is 1. The van der Waals surface area contributed by atoms with Gasteiger partial charge in [0.25, 0.3) is 5.91 Å². The first-order valence-corrected chi connectivity index (χ1v) is 11.5. The number of likely N-dealkylation sites (N-methyl/N-ethyl adjacent to an activating group) is 1. The normalized spacial score (nSPS) is 29.8. The second kappa shape index (κ2) is 8.05. The number of benzene rings is 1. The molecule has 11 nitrogen and oxygen atoms in total. The fourth-order valence-corrected chi connectivity index (χ4v) is 6.24. The van der Waals surface area contributed by atoms with Crippen LogP contribution in [0, 0.1) is 25.7 Å². The van der Waals surface area contributed by atoms with Crippen LogP contribution in [-0.2, 0) is 20.8 Å². The smallest absolute Gasteiger partial charge is 0.255 e. The molecular formula is C25H31N3O8. The van der Waals surface area contributed by atoms with E-state index in [0.717, 1.165) is 5.56 Å². The number of ketones is 2. The molecule has 3 aliphatic rings. The van der Waals surface area contributed by atoms with Crippen LogP contribution in [0.15, 0.2) is 16.9 Å². The van der Waals surface area contributed by atoms with Crippen LogP contribution in [0.4, 0.5) is 5.69 Å². The number of aliphatic hydroxyl groups excluding tert-OH is 3. The van der Waals surface area contributed by atoms with Crippen LogP contribution in [0.2, 0.25) is 0 Å². The molecule has 1 aromatic carbocycles. The van der Waals surface area contributed by atoms with Gasteiger partial charge in [-0.25, -0.2) is 0 Å². The fraction of sp³-hybridized carbons (Fsp3) is 0.480. The SMILES string of the molecule is Cc1c(C)c(N(C)C)c2c(c1O)C(O)=C1C(=O)[C@]3(O)C(O)=C(C(N)=O)C(=O)[C@@H](N(C)C)[C@@H]3[C@@H](O)[C@@H]1C2. The summed E-state index contributed by atoms with van der Waals surface area (Å²) in [5, 5.41) is 56.4. The molecule has 0 saturated heterocycles. The average molecular weight is 502 g/mol. The minimum Gasteiger partial charge on any atom is -0.508 e. The van der Waals surface area contributed by atoms with Gasteiger partial charge in [-0.2, -0.15) is 0 Å². The molecule has 1 amide bonds. The summed E-state index contributed by atoms with van der Waals surface area (Å²) in [5.41, 5.74) is 3.44. The molecule has 1 aromatic rings. The Balaban J connectivity index is 2.08. The summed E-state index contributed by atoms with van der Waals surface area (Å²) < 4.78 is 0. The van der Waals surface area contributed by atoms with Crippen LogP contribution in [0.3, 0.4) is 0 Å². The molecule has 5 atom stereocenters. The Kier molecular flexibility index (Phi) is 5.74. The van der Waals surface area contributed by atoms with Crippen molar-refractivity contribution in [2.45, 2.75) is 38.0 Å². The quantitative estimate of drug-likeness (QED) is 0.298. The third kappa shape index (κ3) is 2.99. The predicted molar refractivity (Wildman–Crippen MR) is 129 cm³/mol. The van der Waals surface area contributed by atoms with Crippen molar-refractivity contribution < 1.29 is 39.9 Å². The van der Waals surface area contributed by atoms with Gasteiger partial charge in [-0.3, -0.25) is 19.3 Å². The highest BCUT2D eigenvalue weighted by molar-refractivity contribution is 6.24. The van der Waals surface area contributed by atoms with E-state index in [2.05, 4.69) is 0 Å². The predicted octanol–water partition coefficient (Wildman–Crippen LogP) is -0.382. The maximum atomic E-state index is 13.9. The van der Waals surface area contributed by atoms with Gasteiger partial charge >= 0.3 is 0 Å². The lowest BCUT2D eigenvalue weighted by atomic mass is 9.56. The number of Topliss-reactive ketones (excluding diaryl/α,β-unsaturated/α-hetero) is 2. The topological polar surface area (TPSA) is 185 Å². The van der Waals surface area contributed by atoms with E-state index in [1.54, 1.807) is 32.8 Å². The van der Waals surface area contributed by atoms with Crippen molar-refractivity contribution in [2.24, 2.45) is 17.6 Å². The number of nitrogens with zero attached hydrogens (tertiary/aromatic N) is 2. The third-order valence-corrected chi connectivity index (χ3v) is 7.94. The molecule has 0 aromatic heterocycles. The summed E-state index contributed by atoms with van der Waals surface area (Å²) in [6.45, 7) is 3.46. The van der Waals surface area contributed by atoms with Crippen molar-refractivity contribution in [1.82, 2.24) is 4.90 Å². The Morgan fingerprint density at radius 2 is 1.64 bits per heavy atom. The Morgan fingerprint density at radius 1 is 1.06 bits per heavy atom. The summed E-state index contributed by atoms with van der Waals surface area (Å²) >= 11 is 0. The van der Waals surface area contributed by atoms with Crippen LogP contribution in [0.5, 0.6) is 5.75 Å². The van der Waals surface area contributed by atoms with Crippen LogP contribution < -0.4 is 10.6 Å². The number of carbonyl (C=O) groups is 3. The second-order valence-corrected chi connectivity index (χ2v) is 10.2. The average Bonchev–Trinajstić information content (AvgIpc) is 2.77. The first-order chi connectivity index (χ1) is 16.6. The molecule has 0 radical (unpaired) electrons. The fourth-order valence-electron chi connectivity index (χ4n) is 6.24. The van der Waals surface area contributed by atoms with Gasteiger partial charge in [0.15, 0.2) is 11.4 Å². The molecule has 0 heterocycles. The maximum absolute atomic E-state index is 13.9. The molecule has 1 saturated carbocycles. The zero-order valence-electron chi connectivity index (χ0n) is 20.9. The minimum atomic E-state index is -2.91. The Bertz CT molecular complexity index is 1290. The lowest BCUT2D eigenvalue weighted by Crippen LogP contribution is -2.70. The number of amides is 1.